The van der Waals surface area contributed by atoms with E-state index in [-0.39, 0.29) is 29.5 Å². The molecule has 1 aromatic carbocycles. The quantitative estimate of drug-likeness (QED) is 0.303. The van der Waals surface area contributed by atoms with Gasteiger partial charge in [0.1, 0.15) is 5.65 Å². The van der Waals surface area contributed by atoms with Crippen molar-refractivity contribution >= 4 is 28.8 Å². The van der Waals surface area contributed by atoms with Crippen molar-refractivity contribution in [1.29, 1.82) is 0 Å². The third kappa shape index (κ3) is 3.34. The summed E-state index contributed by atoms with van der Waals surface area (Å²) in [5.74, 6) is -0.417. The molecule has 0 aliphatic heterocycles. The summed E-state index contributed by atoms with van der Waals surface area (Å²) in [5.41, 5.74) is 0.732. The van der Waals surface area contributed by atoms with Gasteiger partial charge in [-0.1, -0.05) is 12.1 Å². The summed E-state index contributed by atoms with van der Waals surface area (Å²) >= 11 is 0. The molecule has 0 aliphatic rings. The zero-order valence-corrected chi connectivity index (χ0v) is 13.2. The van der Waals surface area contributed by atoms with Gasteiger partial charge >= 0.3 is 5.97 Å². The molecule has 0 N–H and O–H groups in total. The van der Waals surface area contributed by atoms with E-state index in [1.165, 1.54) is 18.2 Å². The third-order valence-corrected chi connectivity index (χ3v) is 3.27. The second kappa shape index (κ2) is 6.87. The van der Waals surface area contributed by atoms with Gasteiger partial charge in [-0.15, -0.1) is 10.2 Å². The van der Waals surface area contributed by atoms with Crippen LogP contribution in [-0.2, 0) is 4.74 Å². The van der Waals surface area contributed by atoms with Gasteiger partial charge in [0.05, 0.1) is 17.2 Å². The fourth-order valence-electron chi connectivity index (χ4n) is 2.19. The van der Waals surface area contributed by atoms with Crippen molar-refractivity contribution in [3.05, 3.63) is 64.5 Å². The molecular formula is C16H13N5O4. The van der Waals surface area contributed by atoms with Gasteiger partial charge in [-0.05, 0) is 25.1 Å². The van der Waals surface area contributed by atoms with Crippen LogP contribution in [0.2, 0.25) is 0 Å². The van der Waals surface area contributed by atoms with Crippen molar-refractivity contribution in [2.24, 2.45) is 10.2 Å². The number of nitrogens with zero attached hydrogens (tertiary/aromatic N) is 5. The number of ether oxygens (including phenoxy) is 1. The number of rotatable bonds is 5. The summed E-state index contributed by atoms with van der Waals surface area (Å²) in [5, 5.41) is 18.9. The normalized spacial score (nSPS) is 11.1. The number of pyridine rings is 1. The van der Waals surface area contributed by atoms with Gasteiger partial charge in [0.15, 0.2) is 11.5 Å². The van der Waals surface area contributed by atoms with Crippen molar-refractivity contribution < 1.29 is 14.5 Å². The number of carbonyl (C=O) groups is 1. The Balaban J connectivity index is 2.05. The molecule has 3 rings (SSSR count). The molecule has 126 valence electrons. The predicted octanol–water partition coefficient (Wildman–Crippen LogP) is 3.83. The van der Waals surface area contributed by atoms with Crippen LogP contribution < -0.4 is 0 Å². The van der Waals surface area contributed by atoms with Crippen LogP contribution in [0.25, 0.3) is 5.65 Å². The molecule has 0 amide bonds. The minimum Gasteiger partial charge on any atom is -0.461 e. The van der Waals surface area contributed by atoms with Crippen LogP contribution in [0.3, 0.4) is 0 Å². The zero-order chi connectivity index (χ0) is 17.8. The Kier molecular flexibility index (Phi) is 4.46. The van der Waals surface area contributed by atoms with Gasteiger partial charge in [0, 0.05) is 18.3 Å². The van der Waals surface area contributed by atoms with Crippen LogP contribution in [-0.4, -0.2) is 26.9 Å². The second-order valence-corrected chi connectivity index (χ2v) is 4.91. The monoisotopic (exact) mass is 339 g/mol. The lowest BCUT2D eigenvalue weighted by molar-refractivity contribution is -0.384. The van der Waals surface area contributed by atoms with Gasteiger partial charge < -0.3 is 4.74 Å². The molecule has 25 heavy (non-hydrogen) atoms. The minimum atomic E-state index is -0.612. The Morgan fingerprint density at radius 3 is 2.88 bits per heavy atom. The van der Waals surface area contributed by atoms with Crippen molar-refractivity contribution in [2.75, 3.05) is 6.61 Å². The van der Waals surface area contributed by atoms with Gasteiger partial charge in [-0.25, -0.2) is 9.78 Å². The molecule has 0 bridgehead atoms. The number of imidazole rings is 1. The van der Waals surface area contributed by atoms with Crippen LogP contribution in [0, 0.1) is 10.1 Å². The minimum absolute atomic E-state index is 0.0298. The van der Waals surface area contributed by atoms with E-state index in [1.807, 2.05) is 0 Å². The maximum absolute atomic E-state index is 12.1. The summed E-state index contributed by atoms with van der Waals surface area (Å²) < 4.78 is 6.59. The van der Waals surface area contributed by atoms with Crippen LogP contribution in [0.1, 0.15) is 17.4 Å². The Morgan fingerprint density at radius 2 is 2.12 bits per heavy atom. The molecule has 2 heterocycles. The highest BCUT2D eigenvalue weighted by atomic mass is 16.6. The number of benzene rings is 1. The number of nitro benzene ring substituents is 1. The standard InChI is InChI=1S/C16H13N5O4/c1-2-25-16(22)14-15(20-9-4-3-8-13(20)17-14)19-18-11-6-5-7-12(10-11)21(23)24/h3-10H,2H2,1H3. The van der Waals surface area contributed by atoms with Gasteiger partial charge in [0.25, 0.3) is 5.69 Å². The first-order chi connectivity index (χ1) is 12.1. The van der Waals surface area contributed by atoms with E-state index in [9.17, 15) is 14.9 Å². The average Bonchev–Trinajstić information content (AvgIpc) is 2.99. The van der Waals surface area contributed by atoms with Crippen LogP contribution in [0.5, 0.6) is 0 Å². The van der Waals surface area contributed by atoms with Crippen LogP contribution in [0.4, 0.5) is 17.2 Å². The number of fused-ring (bicyclic) bond motifs is 1. The smallest absolute Gasteiger partial charge is 0.360 e. The van der Waals surface area contributed by atoms with Gasteiger partial charge in [0.2, 0.25) is 0 Å². The summed E-state index contributed by atoms with van der Waals surface area (Å²) in [4.78, 5) is 26.6. The molecular weight excluding hydrogens is 326 g/mol. The van der Waals surface area contributed by atoms with E-state index in [1.54, 1.807) is 41.8 Å². The lowest BCUT2D eigenvalue weighted by atomic mass is 10.3. The number of esters is 1. The Morgan fingerprint density at radius 1 is 1.28 bits per heavy atom. The zero-order valence-electron chi connectivity index (χ0n) is 13.2. The molecule has 0 fully saturated rings. The van der Waals surface area contributed by atoms with Crippen LogP contribution >= 0.6 is 0 Å². The number of hydrogen-bond acceptors (Lipinski definition) is 7. The van der Waals surface area contributed by atoms with Crippen molar-refractivity contribution in [2.45, 2.75) is 6.92 Å². The molecule has 0 saturated heterocycles. The molecule has 2 aromatic heterocycles. The Labute approximate surface area is 141 Å². The van der Waals surface area contributed by atoms with Crippen molar-refractivity contribution in [1.82, 2.24) is 9.38 Å². The summed E-state index contributed by atoms with van der Waals surface area (Å²) in [6, 6.07) is 11.0. The maximum Gasteiger partial charge on any atom is 0.360 e. The molecule has 0 unspecified atom stereocenters. The van der Waals surface area contributed by atoms with E-state index < -0.39 is 10.9 Å². The first-order valence-electron chi connectivity index (χ1n) is 7.40. The number of hydrogen-bond donors (Lipinski definition) is 0. The summed E-state index contributed by atoms with van der Waals surface area (Å²) in [7, 11) is 0. The molecule has 0 spiro atoms. The molecule has 0 radical (unpaired) electrons. The maximum atomic E-state index is 12.1. The fourth-order valence-corrected chi connectivity index (χ4v) is 2.19. The largest absolute Gasteiger partial charge is 0.461 e. The Hall–Kier alpha value is -3.62. The Bertz CT molecular complexity index is 980. The highest BCUT2D eigenvalue weighted by molar-refractivity contribution is 5.93. The average molecular weight is 339 g/mol. The van der Waals surface area contributed by atoms with Crippen molar-refractivity contribution in [3.63, 3.8) is 0 Å². The first kappa shape index (κ1) is 16.2. The lowest BCUT2D eigenvalue weighted by Crippen LogP contribution is -2.05. The number of non-ortho nitro benzene ring substituents is 1. The molecule has 3 aromatic rings. The highest BCUT2D eigenvalue weighted by Gasteiger charge is 2.20. The summed E-state index contributed by atoms with van der Waals surface area (Å²) in [6.45, 7) is 1.89. The molecule has 0 atom stereocenters. The molecule has 0 aliphatic carbocycles. The second-order valence-electron chi connectivity index (χ2n) is 4.91. The highest BCUT2D eigenvalue weighted by Crippen LogP contribution is 2.26. The number of nitro groups is 1. The van der Waals surface area contributed by atoms with E-state index >= 15 is 0 Å². The van der Waals surface area contributed by atoms with E-state index in [0.29, 0.717) is 5.65 Å². The topological polar surface area (TPSA) is 111 Å². The molecule has 9 heteroatoms. The van der Waals surface area contributed by atoms with Gasteiger partial charge in [-0.2, -0.15) is 0 Å². The van der Waals surface area contributed by atoms with Crippen LogP contribution in [0.15, 0.2) is 58.9 Å². The lowest BCUT2D eigenvalue weighted by Gasteiger charge is -1.99. The predicted molar refractivity (Wildman–Crippen MR) is 88.4 cm³/mol. The first-order valence-corrected chi connectivity index (χ1v) is 7.40. The number of carbonyl (C=O) groups excluding carboxylic acids is 1. The van der Waals surface area contributed by atoms with Crippen molar-refractivity contribution in [3.8, 4) is 0 Å². The van der Waals surface area contributed by atoms with Gasteiger partial charge in [-0.3, -0.25) is 14.5 Å². The number of azo groups is 1. The van der Waals surface area contributed by atoms with E-state index in [4.69, 9.17) is 4.74 Å². The third-order valence-electron chi connectivity index (χ3n) is 3.27. The molecule has 9 nitrogen and oxygen atoms in total. The number of aromatic nitrogens is 2. The summed E-state index contributed by atoms with van der Waals surface area (Å²) in [6.07, 6.45) is 1.69. The van der Waals surface area contributed by atoms with E-state index in [2.05, 4.69) is 15.2 Å². The fraction of sp³-hybridized carbons (Fsp3) is 0.125. The molecule has 0 saturated carbocycles. The van der Waals surface area contributed by atoms with E-state index in [0.717, 1.165) is 0 Å². The SMILES string of the molecule is CCOC(=O)c1nc2ccccn2c1N=Nc1cccc([N+](=O)[O-])c1.